The fraction of sp³-hybridized carbons (Fsp3) is 0.286. The Balaban J connectivity index is 1.36. The van der Waals surface area contributed by atoms with Crippen LogP contribution in [0.15, 0.2) is 71.1 Å². The number of carbonyl (C=O) groups is 1. The van der Waals surface area contributed by atoms with Gasteiger partial charge in [-0.3, -0.25) is 14.3 Å². The van der Waals surface area contributed by atoms with Gasteiger partial charge in [0.05, 0.1) is 23.7 Å². The Bertz CT molecular complexity index is 1530. The Hall–Kier alpha value is -3.76. The topological polar surface area (TPSA) is 96.0 Å². The van der Waals surface area contributed by atoms with Crippen molar-refractivity contribution in [3.8, 4) is 11.4 Å². The molecule has 4 rings (SSSR count). The Labute approximate surface area is 236 Å². The van der Waals surface area contributed by atoms with E-state index in [2.05, 4.69) is 22.1 Å². The number of para-hydroxylation sites is 1. The SMILES string of the molecule is C=CCn1c(CCCOc2ccc(Cl)cc2C)nnc1SCC(=O)Nc1c(C)n(C)n(-c2ccccc2)c1=O. The number of nitrogens with zero attached hydrogens (tertiary/aromatic N) is 5. The summed E-state index contributed by atoms with van der Waals surface area (Å²) in [6.45, 7) is 8.63. The molecule has 0 aliphatic rings. The molecule has 204 valence electrons. The summed E-state index contributed by atoms with van der Waals surface area (Å²) in [5.41, 5.74) is 2.35. The van der Waals surface area contributed by atoms with Crippen LogP contribution in [0.4, 0.5) is 5.69 Å². The van der Waals surface area contributed by atoms with Crippen molar-refractivity contribution in [2.24, 2.45) is 7.05 Å². The van der Waals surface area contributed by atoms with Crippen molar-refractivity contribution in [1.82, 2.24) is 24.1 Å². The predicted octanol–water partition coefficient (Wildman–Crippen LogP) is 4.97. The number of hydrogen-bond acceptors (Lipinski definition) is 6. The van der Waals surface area contributed by atoms with E-state index in [1.54, 1.807) is 24.7 Å². The monoisotopic (exact) mass is 566 g/mol. The number of anilines is 1. The van der Waals surface area contributed by atoms with Crippen LogP contribution in [0.2, 0.25) is 5.02 Å². The first-order chi connectivity index (χ1) is 18.8. The van der Waals surface area contributed by atoms with Crippen molar-refractivity contribution in [3.63, 3.8) is 0 Å². The van der Waals surface area contributed by atoms with Crippen LogP contribution in [-0.2, 0) is 24.8 Å². The summed E-state index contributed by atoms with van der Waals surface area (Å²) in [5, 5.41) is 12.7. The van der Waals surface area contributed by atoms with Gasteiger partial charge in [0.1, 0.15) is 17.3 Å². The first kappa shape index (κ1) is 28.3. The molecule has 4 aromatic rings. The highest BCUT2D eigenvalue weighted by atomic mass is 35.5. The lowest BCUT2D eigenvalue weighted by atomic mass is 10.2. The van der Waals surface area contributed by atoms with E-state index in [1.165, 1.54) is 16.4 Å². The lowest BCUT2D eigenvalue weighted by Crippen LogP contribution is -2.23. The molecule has 2 aromatic heterocycles. The van der Waals surface area contributed by atoms with Crippen LogP contribution in [0.5, 0.6) is 5.75 Å². The van der Waals surface area contributed by atoms with Crippen LogP contribution < -0.4 is 15.6 Å². The highest BCUT2D eigenvalue weighted by Gasteiger charge is 2.19. The van der Waals surface area contributed by atoms with Crippen molar-refractivity contribution >= 4 is 35.0 Å². The van der Waals surface area contributed by atoms with E-state index >= 15 is 0 Å². The Morgan fingerprint density at radius 2 is 1.95 bits per heavy atom. The molecule has 0 aliphatic carbocycles. The summed E-state index contributed by atoms with van der Waals surface area (Å²) in [6, 6.07) is 14.8. The lowest BCUT2D eigenvalue weighted by Gasteiger charge is -2.10. The van der Waals surface area contributed by atoms with E-state index in [4.69, 9.17) is 16.3 Å². The van der Waals surface area contributed by atoms with E-state index in [-0.39, 0.29) is 22.9 Å². The van der Waals surface area contributed by atoms with Gasteiger partial charge in [0.25, 0.3) is 5.56 Å². The summed E-state index contributed by atoms with van der Waals surface area (Å²) in [7, 11) is 1.79. The second kappa shape index (κ2) is 12.9. The van der Waals surface area contributed by atoms with Crippen LogP contribution in [-0.4, -0.2) is 42.4 Å². The number of rotatable bonds is 12. The third-order valence-electron chi connectivity index (χ3n) is 6.20. The fourth-order valence-corrected chi connectivity index (χ4v) is 5.12. The van der Waals surface area contributed by atoms with Crippen molar-refractivity contribution in [2.75, 3.05) is 17.7 Å². The van der Waals surface area contributed by atoms with E-state index in [1.807, 2.05) is 60.0 Å². The predicted molar refractivity (Wildman–Crippen MR) is 155 cm³/mol. The highest BCUT2D eigenvalue weighted by molar-refractivity contribution is 7.99. The molecule has 39 heavy (non-hydrogen) atoms. The lowest BCUT2D eigenvalue weighted by molar-refractivity contribution is -0.113. The average Bonchev–Trinajstić information content (AvgIpc) is 3.39. The summed E-state index contributed by atoms with van der Waals surface area (Å²) < 4.78 is 11.1. The fourth-order valence-electron chi connectivity index (χ4n) is 4.13. The van der Waals surface area contributed by atoms with Crippen molar-refractivity contribution < 1.29 is 9.53 Å². The normalized spacial score (nSPS) is 11.0. The van der Waals surface area contributed by atoms with Gasteiger partial charge in [-0.2, -0.15) is 0 Å². The summed E-state index contributed by atoms with van der Waals surface area (Å²) in [6.07, 6.45) is 3.16. The van der Waals surface area contributed by atoms with Crippen molar-refractivity contribution in [3.05, 3.63) is 93.6 Å². The van der Waals surface area contributed by atoms with Gasteiger partial charge in [-0.1, -0.05) is 47.6 Å². The molecule has 2 heterocycles. The number of aryl methyl sites for hydroxylation is 2. The molecule has 1 amide bonds. The van der Waals surface area contributed by atoms with Crippen LogP contribution in [0.1, 0.15) is 23.5 Å². The zero-order valence-electron chi connectivity index (χ0n) is 22.2. The highest BCUT2D eigenvalue weighted by Crippen LogP contribution is 2.23. The quantitative estimate of drug-likeness (QED) is 0.148. The van der Waals surface area contributed by atoms with Gasteiger partial charge >= 0.3 is 0 Å². The molecule has 0 bridgehead atoms. The van der Waals surface area contributed by atoms with Gasteiger partial charge in [0.2, 0.25) is 5.91 Å². The molecule has 0 atom stereocenters. The molecule has 1 N–H and O–H groups in total. The van der Waals surface area contributed by atoms with Crippen LogP contribution in [0.3, 0.4) is 0 Å². The maximum absolute atomic E-state index is 13.1. The standard InChI is InChI=1S/C28H31ClN6O3S/c1-5-15-34-24(12-9-16-38-23-14-13-21(29)17-19(23)2)31-32-28(34)39-18-25(36)30-26-20(3)33(4)35(27(26)37)22-10-7-6-8-11-22/h5-8,10-11,13-14,17H,1,9,12,15-16,18H2,2-4H3,(H,30,36). The second-order valence-corrected chi connectivity index (χ2v) is 10.3. The molecule has 0 radical (unpaired) electrons. The maximum Gasteiger partial charge on any atom is 0.295 e. The molecule has 11 heteroatoms. The summed E-state index contributed by atoms with van der Waals surface area (Å²) in [4.78, 5) is 25.9. The number of nitrogens with one attached hydrogen (secondary N) is 1. The Kier molecular flexibility index (Phi) is 9.32. The molecular formula is C28H31ClN6O3S. The zero-order chi connectivity index (χ0) is 27.9. The van der Waals surface area contributed by atoms with Gasteiger partial charge in [-0.05, 0) is 56.2 Å². The minimum Gasteiger partial charge on any atom is -0.493 e. The Morgan fingerprint density at radius 1 is 1.18 bits per heavy atom. The summed E-state index contributed by atoms with van der Waals surface area (Å²) in [5.74, 6) is 1.37. The minimum absolute atomic E-state index is 0.0767. The molecule has 9 nitrogen and oxygen atoms in total. The van der Waals surface area contributed by atoms with Gasteiger partial charge in [0.15, 0.2) is 5.16 Å². The molecule has 0 spiro atoms. The largest absolute Gasteiger partial charge is 0.493 e. The van der Waals surface area contributed by atoms with Crippen LogP contribution in [0, 0.1) is 13.8 Å². The number of allylic oxidation sites excluding steroid dienone is 1. The molecule has 0 saturated carbocycles. The van der Waals surface area contributed by atoms with Crippen molar-refractivity contribution in [1.29, 1.82) is 0 Å². The molecular weight excluding hydrogens is 536 g/mol. The van der Waals surface area contributed by atoms with Gasteiger partial charge in [-0.25, -0.2) is 4.68 Å². The number of halogens is 1. The number of amides is 1. The Morgan fingerprint density at radius 3 is 2.67 bits per heavy atom. The first-order valence-corrected chi connectivity index (χ1v) is 13.8. The van der Waals surface area contributed by atoms with Gasteiger partial charge in [-0.15, -0.1) is 16.8 Å². The molecule has 0 unspecified atom stereocenters. The number of aromatic nitrogens is 5. The van der Waals surface area contributed by atoms with E-state index in [0.29, 0.717) is 35.4 Å². The molecule has 2 aromatic carbocycles. The van der Waals surface area contributed by atoms with E-state index in [9.17, 15) is 9.59 Å². The second-order valence-electron chi connectivity index (χ2n) is 8.93. The number of benzene rings is 2. The smallest absolute Gasteiger partial charge is 0.295 e. The van der Waals surface area contributed by atoms with Crippen LogP contribution >= 0.6 is 23.4 Å². The average molecular weight is 567 g/mol. The maximum atomic E-state index is 13.1. The van der Waals surface area contributed by atoms with E-state index in [0.717, 1.165) is 29.2 Å². The zero-order valence-corrected chi connectivity index (χ0v) is 23.8. The summed E-state index contributed by atoms with van der Waals surface area (Å²) >= 11 is 7.28. The number of hydrogen-bond donors (Lipinski definition) is 1. The number of carbonyl (C=O) groups excluding carboxylic acids is 1. The van der Waals surface area contributed by atoms with Gasteiger partial charge in [0, 0.05) is 25.0 Å². The minimum atomic E-state index is -0.299. The molecule has 0 aliphatic heterocycles. The third kappa shape index (κ3) is 6.63. The number of ether oxygens (including phenoxy) is 1. The van der Waals surface area contributed by atoms with E-state index < -0.39 is 0 Å². The molecule has 0 fully saturated rings. The van der Waals surface area contributed by atoms with Gasteiger partial charge < -0.3 is 14.6 Å². The first-order valence-electron chi connectivity index (χ1n) is 12.5. The van der Waals surface area contributed by atoms with Crippen molar-refractivity contribution in [2.45, 2.75) is 38.4 Å². The molecule has 0 saturated heterocycles. The number of thioether (sulfide) groups is 1. The van der Waals surface area contributed by atoms with Crippen LogP contribution in [0.25, 0.3) is 5.69 Å². The third-order valence-corrected chi connectivity index (χ3v) is 7.40.